The number of hydrogen-bond donors (Lipinski definition) is 0. The molecule has 0 N–H and O–H groups in total. The van der Waals surface area contributed by atoms with Crippen molar-refractivity contribution in [1.82, 2.24) is 4.98 Å². The fourth-order valence-electron chi connectivity index (χ4n) is 1.17. The van der Waals surface area contributed by atoms with Gasteiger partial charge in [-0.3, -0.25) is 0 Å². The van der Waals surface area contributed by atoms with Crippen LogP contribution in [0.15, 0.2) is 28.6 Å². The molecule has 0 aliphatic rings. The predicted octanol–water partition coefficient (Wildman–Crippen LogP) is 4.75. The highest BCUT2D eigenvalue weighted by Gasteiger charge is 2.07. The summed E-state index contributed by atoms with van der Waals surface area (Å²) in [5.41, 5.74) is 1.04. The van der Waals surface area contributed by atoms with Gasteiger partial charge in [0.1, 0.15) is 0 Å². The lowest BCUT2D eigenvalue weighted by Gasteiger charge is -2.07. The van der Waals surface area contributed by atoms with E-state index in [0.29, 0.717) is 4.38 Å². The first-order valence-corrected chi connectivity index (χ1v) is 8.43. The summed E-state index contributed by atoms with van der Waals surface area (Å²) in [6, 6.07) is 8.11. The fourth-order valence-corrected chi connectivity index (χ4v) is 4.54. The van der Waals surface area contributed by atoms with E-state index in [4.69, 9.17) is 17.0 Å². The van der Waals surface area contributed by atoms with Crippen LogP contribution >= 0.6 is 45.1 Å². The highest BCUT2D eigenvalue weighted by Crippen LogP contribution is 2.37. The summed E-state index contributed by atoms with van der Waals surface area (Å²) in [7, 11) is 3.00. The van der Waals surface area contributed by atoms with E-state index in [1.165, 1.54) is 15.5 Å². The van der Waals surface area contributed by atoms with Crippen molar-refractivity contribution >= 4 is 59.7 Å². The first-order valence-electron chi connectivity index (χ1n) is 5.06. The number of thiazole rings is 1. The molecule has 90 valence electrons. The van der Waals surface area contributed by atoms with Gasteiger partial charge in [0.2, 0.25) is 4.38 Å². The van der Waals surface area contributed by atoms with Crippen molar-refractivity contribution in [1.29, 1.82) is 0 Å². The second-order valence-corrected chi connectivity index (χ2v) is 7.54. The van der Waals surface area contributed by atoms with Gasteiger partial charge in [-0.2, -0.15) is 0 Å². The quantitative estimate of drug-likeness (QED) is 0.601. The van der Waals surface area contributed by atoms with E-state index in [0.717, 1.165) is 9.86 Å². The second kappa shape index (κ2) is 6.04. The van der Waals surface area contributed by atoms with Gasteiger partial charge in [0, 0.05) is 10.8 Å². The average molecular weight is 301 g/mol. The van der Waals surface area contributed by atoms with Gasteiger partial charge in [0.25, 0.3) is 0 Å². The number of thiocarbonyl (C=S) groups is 1. The molecule has 2 nitrogen and oxygen atoms in total. The molecule has 6 heteroatoms. The largest absolute Gasteiger partial charge is 0.475 e. The van der Waals surface area contributed by atoms with Crippen molar-refractivity contribution in [2.45, 2.75) is 24.3 Å². The van der Waals surface area contributed by atoms with Crippen LogP contribution in [0.1, 0.15) is 13.8 Å². The minimum Gasteiger partial charge on any atom is -0.475 e. The lowest BCUT2D eigenvalue weighted by atomic mass is 10.3. The van der Waals surface area contributed by atoms with Crippen molar-refractivity contribution in [3.63, 3.8) is 0 Å². The maximum absolute atomic E-state index is 5.40. The summed E-state index contributed by atoms with van der Waals surface area (Å²) < 4.78 is 8.16. The van der Waals surface area contributed by atoms with Crippen LogP contribution in [0.2, 0.25) is 0 Å². The van der Waals surface area contributed by atoms with Gasteiger partial charge in [-0.1, -0.05) is 12.1 Å². The molecule has 2 rings (SSSR count). The molecule has 0 unspecified atom stereocenters. The molecule has 0 atom stereocenters. The van der Waals surface area contributed by atoms with Crippen molar-refractivity contribution in [3.8, 4) is 0 Å². The van der Waals surface area contributed by atoms with Gasteiger partial charge < -0.3 is 4.74 Å². The third-order valence-electron chi connectivity index (χ3n) is 1.79. The zero-order valence-electron chi connectivity index (χ0n) is 9.38. The van der Waals surface area contributed by atoms with Crippen molar-refractivity contribution in [2.75, 3.05) is 0 Å². The Morgan fingerprint density at radius 1 is 1.41 bits per heavy atom. The Hall–Kier alpha value is -0.300. The van der Waals surface area contributed by atoms with Crippen LogP contribution in [-0.2, 0) is 4.74 Å². The molecule has 0 aliphatic heterocycles. The molecular formula is C11H11NOS4. The molecule has 1 aromatic carbocycles. The molecule has 0 amide bonds. The Bertz CT molecular complexity index is 490. The molecule has 0 aliphatic carbocycles. The molecule has 0 radical (unpaired) electrons. The number of aromatic nitrogens is 1. The third-order valence-corrected chi connectivity index (χ3v) is 5.82. The van der Waals surface area contributed by atoms with E-state index >= 15 is 0 Å². The lowest BCUT2D eigenvalue weighted by Crippen LogP contribution is -2.04. The number of fused-ring (bicyclic) bond motifs is 1. The number of benzene rings is 1. The van der Waals surface area contributed by atoms with E-state index in [2.05, 4.69) is 11.1 Å². The molecule has 1 heterocycles. The summed E-state index contributed by atoms with van der Waals surface area (Å²) in [4.78, 5) is 4.51. The summed E-state index contributed by atoms with van der Waals surface area (Å²) in [5, 5.41) is 0. The number of ether oxygens (including phenoxy) is 1. The summed E-state index contributed by atoms with van der Waals surface area (Å²) in [5.74, 6) is 0. The summed E-state index contributed by atoms with van der Waals surface area (Å²) in [6.07, 6.45) is 0.131. The maximum atomic E-state index is 5.40. The highest BCUT2D eigenvalue weighted by molar-refractivity contribution is 8.83. The van der Waals surface area contributed by atoms with Crippen LogP contribution in [-0.4, -0.2) is 15.5 Å². The number of rotatable bonds is 3. The van der Waals surface area contributed by atoms with E-state index in [-0.39, 0.29) is 6.10 Å². The Labute approximate surface area is 118 Å². The molecule has 0 fully saturated rings. The first-order chi connectivity index (χ1) is 8.15. The zero-order chi connectivity index (χ0) is 12.3. The lowest BCUT2D eigenvalue weighted by molar-refractivity contribution is 0.243. The zero-order valence-corrected chi connectivity index (χ0v) is 12.6. The van der Waals surface area contributed by atoms with E-state index in [1.807, 2.05) is 32.0 Å². The molecule has 1 aromatic heterocycles. The molecular weight excluding hydrogens is 290 g/mol. The van der Waals surface area contributed by atoms with Gasteiger partial charge in [0.15, 0.2) is 4.34 Å². The van der Waals surface area contributed by atoms with Crippen molar-refractivity contribution in [2.24, 2.45) is 0 Å². The smallest absolute Gasteiger partial charge is 0.231 e. The minimum absolute atomic E-state index is 0.131. The predicted molar refractivity (Wildman–Crippen MR) is 81.9 cm³/mol. The summed E-state index contributed by atoms with van der Waals surface area (Å²) >= 11 is 6.78. The molecule has 17 heavy (non-hydrogen) atoms. The highest BCUT2D eigenvalue weighted by atomic mass is 33.1. The standard InChI is InChI=1S/C11H11NOS4/c1-7(2)13-11(14)17-16-10-12-8-5-3-4-6-9(8)15-10/h3-7H,1-2H3. The van der Waals surface area contributed by atoms with Crippen LogP contribution in [0.25, 0.3) is 10.2 Å². The Kier molecular flexibility index (Phi) is 4.67. The van der Waals surface area contributed by atoms with Crippen LogP contribution in [0.4, 0.5) is 0 Å². The van der Waals surface area contributed by atoms with Crippen molar-refractivity contribution in [3.05, 3.63) is 24.3 Å². The van der Waals surface area contributed by atoms with Crippen LogP contribution in [0, 0.1) is 0 Å². The molecule has 2 aromatic rings. The molecule has 0 spiro atoms. The fraction of sp³-hybridized carbons (Fsp3) is 0.273. The van der Waals surface area contributed by atoms with Gasteiger partial charge in [-0.05, 0) is 49.0 Å². The Morgan fingerprint density at radius 3 is 2.88 bits per heavy atom. The molecule has 0 bridgehead atoms. The number of para-hydroxylation sites is 1. The van der Waals surface area contributed by atoms with Gasteiger partial charge in [0.05, 0.1) is 16.3 Å². The molecule has 0 saturated carbocycles. The topological polar surface area (TPSA) is 22.1 Å². The summed E-state index contributed by atoms with van der Waals surface area (Å²) in [6.45, 7) is 3.93. The van der Waals surface area contributed by atoms with Crippen molar-refractivity contribution < 1.29 is 4.74 Å². The van der Waals surface area contributed by atoms with Crippen LogP contribution in [0.5, 0.6) is 0 Å². The number of nitrogens with zero attached hydrogens (tertiary/aromatic N) is 1. The van der Waals surface area contributed by atoms with E-state index in [1.54, 1.807) is 22.1 Å². The monoisotopic (exact) mass is 301 g/mol. The van der Waals surface area contributed by atoms with Gasteiger partial charge in [-0.25, -0.2) is 4.98 Å². The third kappa shape index (κ3) is 3.84. The first kappa shape index (κ1) is 13.1. The average Bonchev–Trinajstić information content (AvgIpc) is 2.68. The van der Waals surface area contributed by atoms with E-state index in [9.17, 15) is 0 Å². The van der Waals surface area contributed by atoms with Gasteiger partial charge in [-0.15, -0.1) is 11.3 Å². The minimum atomic E-state index is 0.131. The Morgan fingerprint density at radius 2 is 2.18 bits per heavy atom. The van der Waals surface area contributed by atoms with Crippen LogP contribution in [0.3, 0.4) is 0 Å². The molecule has 0 saturated heterocycles. The SMILES string of the molecule is CC(C)OC(=S)SSc1nc2ccccc2s1. The maximum Gasteiger partial charge on any atom is 0.231 e. The van der Waals surface area contributed by atoms with Gasteiger partial charge >= 0.3 is 0 Å². The normalized spacial score (nSPS) is 11.0. The number of hydrogen-bond acceptors (Lipinski definition) is 6. The second-order valence-electron chi connectivity index (χ2n) is 3.53. The Balaban J connectivity index is 1.97. The van der Waals surface area contributed by atoms with E-state index < -0.39 is 0 Å². The van der Waals surface area contributed by atoms with Crippen LogP contribution < -0.4 is 0 Å².